The van der Waals surface area contributed by atoms with Gasteiger partial charge in [0.25, 0.3) is 15.7 Å². The molecule has 0 fully saturated rings. The van der Waals surface area contributed by atoms with Crippen molar-refractivity contribution in [3.05, 3.63) is 76.1 Å². The Labute approximate surface area is 157 Å². The topological polar surface area (TPSA) is 147 Å². The van der Waals surface area contributed by atoms with Crippen molar-refractivity contribution >= 4 is 27.5 Å². The number of nitro groups is 1. The molecule has 0 saturated carbocycles. The van der Waals surface area contributed by atoms with Crippen LogP contribution < -0.4 is 10.5 Å². The van der Waals surface area contributed by atoms with Gasteiger partial charge < -0.3 is 10.5 Å². The summed E-state index contributed by atoms with van der Waals surface area (Å²) in [5.74, 6) is -2.41. The molecule has 0 saturated heterocycles. The maximum Gasteiger partial charge on any atom is 0.345 e. The summed E-state index contributed by atoms with van der Waals surface area (Å²) in [6, 6.07) is 9.73. The van der Waals surface area contributed by atoms with Crippen molar-refractivity contribution in [3.8, 4) is 5.88 Å². The predicted octanol–water partition coefficient (Wildman–Crippen LogP) is 1.97. The van der Waals surface area contributed by atoms with E-state index in [0.29, 0.717) is 4.09 Å². The molecule has 144 valence electrons. The zero-order chi connectivity index (χ0) is 20.5. The van der Waals surface area contributed by atoms with E-state index in [1.807, 2.05) is 0 Å². The van der Waals surface area contributed by atoms with E-state index in [-0.39, 0.29) is 22.0 Å². The largest absolute Gasteiger partial charge is 0.402 e. The van der Waals surface area contributed by atoms with Crippen LogP contribution in [0.4, 0.5) is 15.9 Å². The monoisotopic (exact) mass is 406 g/mol. The molecule has 0 atom stereocenters. The summed E-state index contributed by atoms with van der Waals surface area (Å²) in [4.78, 5) is 22.0. The number of nitrogen functional groups attached to an aromatic ring is 1. The van der Waals surface area contributed by atoms with Gasteiger partial charge in [0.1, 0.15) is 11.6 Å². The van der Waals surface area contributed by atoms with E-state index in [0.717, 1.165) is 36.4 Å². The van der Waals surface area contributed by atoms with Crippen LogP contribution in [-0.2, 0) is 10.0 Å². The second-order valence-electron chi connectivity index (χ2n) is 5.41. The lowest BCUT2D eigenvalue weighted by Gasteiger charge is -2.05. The highest BCUT2D eigenvalue weighted by atomic mass is 32.2. The normalized spacial score (nSPS) is 11.2. The van der Waals surface area contributed by atoms with Crippen molar-refractivity contribution in [2.24, 2.45) is 0 Å². The highest BCUT2D eigenvalue weighted by Gasteiger charge is 2.23. The zero-order valence-electron chi connectivity index (χ0n) is 13.9. The third kappa shape index (κ3) is 3.66. The summed E-state index contributed by atoms with van der Waals surface area (Å²) in [5.41, 5.74) is 5.18. The van der Waals surface area contributed by atoms with E-state index in [1.165, 1.54) is 18.2 Å². The summed E-state index contributed by atoms with van der Waals surface area (Å²) >= 11 is 0. The van der Waals surface area contributed by atoms with E-state index in [4.69, 9.17) is 10.5 Å². The summed E-state index contributed by atoms with van der Waals surface area (Å²) < 4.78 is 43.5. The van der Waals surface area contributed by atoms with Crippen molar-refractivity contribution in [2.75, 3.05) is 5.73 Å². The van der Waals surface area contributed by atoms with Crippen molar-refractivity contribution in [1.29, 1.82) is 0 Å². The van der Waals surface area contributed by atoms with Gasteiger partial charge in [-0.2, -0.15) is 8.42 Å². The minimum absolute atomic E-state index is 0.135. The standard InChI is InChI=1S/C16H11FN4O6S/c17-11-4-6-13(7-5-11)28(25,26)20-14(18)9-15(19-20)27-16(22)10-2-1-3-12(8-10)21(23)24/h1-9H,18H2. The molecular weight excluding hydrogens is 395 g/mol. The SMILES string of the molecule is Nc1cc(OC(=O)c2cccc([N+](=O)[O-])c2)nn1S(=O)(=O)c1ccc(F)cc1. The second-order valence-corrected chi connectivity index (χ2v) is 7.17. The smallest absolute Gasteiger partial charge is 0.345 e. The Kier molecular flexibility index (Phi) is 4.79. The van der Waals surface area contributed by atoms with E-state index in [9.17, 15) is 27.7 Å². The van der Waals surface area contributed by atoms with Crippen LogP contribution in [0.5, 0.6) is 5.88 Å². The lowest BCUT2D eigenvalue weighted by molar-refractivity contribution is -0.384. The quantitative estimate of drug-likeness (QED) is 0.384. The molecule has 10 nitrogen and oxygen atoms in total. The van der Waals surface area contributed by atoms with Crippen LogP contribution in [-0.4, -0.2) is 28.5 Å². The van der Waals surface area contributed by atoms with Gasteiger partial charge >= 0.3 is 5.97 Å². The molecule has 3 aromatic rings. The van der Waals surface area contributed by atoms with E-state index < -0.39 is 32.6 Å². The first-order chi connectivity index (χ1) is 13.2. The average molecular weight is 406 g/mol. The molecule has 0 radical (unpaired) electrons. The molecule has 0 bridgehead atoms. The Balaban J connectivity index is 1.88. The molecule has 1 aromatic heterocycles. The molecule has 12 heteroatoms. The van der Waals surface area contributed by atoms with Gasteiger partial charge in [-0.25, -0.2) is 9.18 Å². The van der Waals surface area contributed by atoms with Crippen LogP contribution in [0.15, 0.2) is 59.5 Å². The Morgan fingerprint density at radius 1 is 1.18 bits per heavy atom. The molecule has 3 rings (SSSR count). The average Bonchev–Trinajstić information content (AvgIpc) is 3.03. The molecule has 0 spiro atoms. The Morgan fingerprint density at radius 3 is 2.50 bits per heavy atom. The van der Waals surface area contributed by atoms with Crippen LogP contribution in [0.2, 0.25) is 0 Å². The van der Waals surface area contributed by atoms with Crippen molar-refractivity contribution in [1.82, 2.24) is 9.19 Å². The van der Waals surface area contributed by atoms with Crippen molar-refractivity contribution in [3.63, 3.8) is 0 Å². The van der Waals surface area contributed by atoms with E-state index in [2.05, 4.69) is 5.10 Å². The van der Waals surface area contributed by atoms with Gasteiger partial charge in [0, 0.05) is 18.2 Å². The molecule has 0 aliphatic carbocycles. The fraction of sp³-hybridized carbons (Fsp3) is 0. The number of nitrogens with two attached hydrogens (primary N) is 1. The maximum atomic E-state index is 13.0. The van der Waals surface area contributed by atoms with E-state index >= 15 is 0 Å². The lowest BCUT2D eigenvalue weighted by Crippen LogP contribution is -2.17. The number of carbonyl (C=O) groups is 1. The number of rotatable bonds is 5. The van der Waals surface area contributed by atoms with Crippen LogP contribution in [0.1, 0.15) is 10.4 Å². The summed E-state index contributed by atoms with van der Waals surface area (Å²) in [6.07, 6.45) is 0. The maximum absolute atomic E-state index is 13.0. The molecular formula is C16H11FN4O6S. The number of benzene rings is 2. The highest BCUT2D eigenvalue weighted by molar-refractivity contribution is 7.90. The molecule has 0 aliphatic rings. The Hall–Kier alpha value is -3.80. The van der Waals surface area contributed by atoms with Gasteiger partial charge in [-0.05, 0) is 30.3 Å². The van der Waals surface area contributed by atoms with Gasteiger partial charge in [0.2, 0.25) is 5.88 Å². The molecule has 0 amide bonds. The number of nitro benzene ring substituents is 1. The van der Waals surface area contributed by atoms with Crippen LogP contribution in [0.25, 0.3) is 0 Å². The molecule has 2 aromatic carbocycles. The van der Waals surface area contributed by atoms with Crippen molar-refractivity contribution in [2.45, 2.75) is 4.90 Å². The lowest BCUT2D eigenvalue weighted by atomic mass is 10.2. The molecule has 0 unspecified atom stereocenters. The number of non-ortho nitro benzene ring substituents is 1. The predicted molar refractivity (Wildman–Crippen MR) is 93.7 cm³/mol. The Bertz CT molecular complexity index is 1170. The number of halogens is 1. The molecule has 28 heavy (non-hydrogen) atoms. The van der Waals surface area contributed by atoms with Crippen LogP contribution in [0, 0.1) is 15.9 Å². The number of carbonyl (C=O) groups excluding carboxylic acids is 1. The number of hydrogen-bond acceptors (Lipinski definition) is 8. The zero-order valence-corrected chi connectivity index (χ0v) is 14.7. The number of esters is 1. The first-order valence-electron chi connectivity index (χ1n) is 7.52. The molecule has 0 aliphatic heterocycles. The third-order valence-corrected chi connectivity index (χ3v) is 5.13. The number of hydrogen-bond donors (Lipinski definition) is 1. The molecule has 1 heterocycles. The van der Waals surface area contributed by atoms with Gasteiger partial charge in [-0.15, -0.1) is 9.19 Å². The number of nitrogens with zero attached hydrogens (tertiary/aromatic N) is 3. The minimum Gasteiger partial charge on any atom is -0.402 e. The fourth-order valence-corrected chi connectivity index (χ4v) is 3.40. The summed E-state index contributed by atoms with van der Waals surface area (Å²) in [7, 11) is -4.25. The Morgan fingerprint density at radius 2 is 1.86 bits per heavy atom. The molecule has 2 N–H and O–H groups in total. The van der Waals surface area contributed by atoms with Gasteiger partial charge in [0.15, 0.2) is 0 Å². The van der Waals surface area contributed by atoms with Crippen LogP contribution >= 0.6 is 0 Å². The first-order valence-corrected chi connectivity index (χ1v) is 8.96. The third-order valence-electron chi connectivity index (χ3n) is 3.51. The van der Waals surface area contributed by atoms with Gasteiger partial charge in [0.05, 0.1) is 15.4 Å². The van der Waals surface area contributed by atoms with Gasteiger partial charge in [-0.1, -0.05) is 6.07 Å². The number of anilines is 1. The highest BCUT2D eigenvalue weighted by Crippen LogP contribution is 2.22. The second kappa shape index (κ2) is 7.08. The first kappa shape index (κ1) is 19.0. The number of aromatic nitrogens is 2. The minimum atomic E-state index is -4.25. The number of ether oxygens (including phenoxy) is 1. The van der Waals surface area contributed by atoms with Crippen molar-refractivity contribution < 1.29 is 27.3 Å². The van der Waals surface area contributed by atoms with Crippen LogP contribution in [0.3, 0.4) is 0 Å². The summed E-state index contributed by atoms with van der Waals surface area (Å²) in [6.45, 7) is 0. The summed E-state index contributed by atoms with van der Waals surface area (Å²) in [5, 5.41) is 14.4. The van der Waals surface area contributed by atoms with E-state index in [1.54, 1.807) is 0 Å². The van der Waals surface area contributed by atoms with Gasteiger partial charge in [-0.3, -0.25) is 10.1 Å². The fourth-order valence-electron chi connectivity index (χ4n) is 2.21.